The number of rotatable bonds is 3. The molecule has 0 unspecified atom stereocenters. The van der Waals surface area contributed by atoms with Crippen LogP contribution in [0.3, 0.4) is 0 Å². The van der Waals surface area contributed by atoms with Gasteiger partial charge in [-0.2, -0.15) is 0 Å². The van der Waals surface area contributed by atoms with Crippen molar-refractivity contribution in [3.05, 3.63) is 30.1 Å². The molecule has 5 nitrogen and oxygen atoms in total. The van der Waals surface area contributed by atoms with Gasteiger partial charge in [0.1, 0.15) is 4.99 Å². The quantitative estimate of drug-likeness (QED) is 0.643. The van der Waals surface area contributed by atoms with Crippen LogP contribution in [0.15, 0.2) is 30.1 Å². The predicted octanol–water partition coefficient (Wildman–Crippen LogP) is 2.08. The van der Waals surface area contributed by atoms with E-state index in [0.29, 0.717) is 23.1 Å². The van der Waals surface area contributed by atoms with Crippen LogP contribution in [0.2, 0.25) is 0 Å². The fourth-order valence-electron chi connectivity index (χ4n) is 1.59. The number of fused-ring (bicyclic) bond motifs is 1. The Morgan fingerprint density at radius 3 is 3.11 bits per heavy atom. The number of carbonyl (C=O) groups is 1. The van der Waals surface area contributed by atoms with Gasteiger partial charge in [-0.3, -0.25) is 4.79 Å². The van der Waals surface area contributed by atoms with E-state index in [9.17, 15) is 4.79 Å². The standard InChI is InChI=1S/C12H13N3O2S/c1-2-17-11(16)7-8-6-10(18)15-12-9(14-8)4-3-5-13-12/h3-6,14H,2,7H2,1H3,(H,13,15,18). The number of hydrogen-bond donors (Lipinski definition) is 2. The molecule has 1 aliphatic rings. The van der Waals surface area contributed by atoms with E-state index in [1.807, 2.05) is 12.1 Å². The van der Waals surface area contributed by atoms with Crippen LogP contribution >= 0.6 is 12.2 Å². The third kappa shape index (κ3) is 3.04. The highest BCUT2D eigenvalue weighted by Crippen LogP contribution is 2.23. The lowest BCUT2D eigenvalue weighted by atomic mass is 10.3. The molecule has 0 radical (unpaired) electrons. The SMILES string of the molecule is CCOC(=O)CC1=CC(=S)Nc2ncccc2N1. The molecule has 2 rings (SSSR count). The van der Waals surface area contributed by atoms with Crippen molar-refractivity contribution in [3.8, 4) is 0 Å². The van der Waals surface area contributed by atoms with Crippen LogP contribution in [0, 0.1) is 0 Å². The minimum atomic E-state index is -0.286. The topological polar surface area (TPSA) is 63.2 Å². The van der Waals surface area contributed by atoms with E-state index in [0.717, 1.165) is 5.69 Å². The van der Waals surface area contributed by atoms with E-state index in [2.05, 4.69) is 15.6 Å². The monoisotopic (exact) mass is 263 g/mol. The van der Waals surface area contributed by atoms with Crippen LogP contribution in [0.1, 0.15) is 13.3 Å². The van der Waals surface area contributed by atoms with Gasteiger partial charge in [0.15, 0.2) is 5.82 Å². The van der Waals surface area contributed by atoms with Gasteiger partial charge in [-0.25, -0.2) is 4.98 Å². The second-order valence-electron chi connectivity index (χ2n) is 3.67. The Morgan fingerprint density at radius 2 is 2.33 bits per heavy atom. The van der Waals surface area contributed by atoms with Gasteiger partial charge in [0.05, 0.1) is 18.7 Å². The summed E-state index contributed by atoms with van der Waals surface area (Å²) < 4.78 is 4.91. The first kappa shape index (κ1) is 12.5. The van der Waals surface area contributed by atoms with Gasteiger partial charge in [-0.1, -0.05) is 12.2 Å². The molecule has 94 valence electrons. The molecule has 0 saturated heterocycles. The molecule has 0 bridgehead atoms. The number of thiocarbonyl (C=S) groups is 1. The summed E-state index contributed by atoms with van der Waals surface area (Å²) in [7, 11) is 0. The number of esters is 1. The molecule has 1 aromatic heterocycles. The summed E-state index contributed by atoms with van der Waals surface area (Å²) in [6.07, 6.45) is 3.53. The van der Waals surface area contributed by atoms with Gasteiger partial charge in [0, 0.05) is 11.9 Å². The molecule has 2 N–H and O–H groups in total. The van der Waals surface area contributed by atoms with Crippen molar-refractivity contribution in [2.45, 2.75) is 13.3 Å². The Kier molecular flexibility index (Phi) is 3.88. The molecule has 0 atom stereocenters. The van der Waals surface area contributed by atoms with Crippen molar-refractivity contribution in [3.63, 3.8) is 0 Å². The van der Waals surface area contributed by atoms with E-state index >= 15 is 0 Å². The van der Waals surface area contributed by atoms with E-state index in [1.54, 1.807) is 19.2 Å². The minimum absolute atomic E-state index is 0.157. The Labute approximate surface area is 110 Å². The molecule has 6 heteroatoms. The van der Waals surface area contributed by atoms with Gasteiger partial charge in [-0.05, 0) is 25.1 Å². The van der Waals surface area contributed by atoms with Crippen LogP contribution in [0.5, 0.6) is 0 Å². The molecule has 0 aliphatic carbocycles. The Balaban J connectivity index is 2.17. The van der Waals surface area contributed by atoms with Crippen LogP contribution in [0.25, 0.3) is 0 Å². The molecule has 1 aliphatic heterocycles. The molecular formula is C12H13N3O2S. The Bertz CT molecular complexity index is 514. The number of pyridine rings is 1. The summed E-state index contributed by atoms with van der Waals surface area (Å²) in [4.78, 5) is 16.1. The molecule has 0 fully saturated rings. The smallest absolute Gasteiger partial charge is 0.311 e. The summed E-state index contributed by atoms with van der Waals surface area (Å²) in [6.45, 7) is 2.14. The summed E-state index contributed by atoms with van der Waals surface area (Å²) in [5.41, 5.74) is 1.48. The van der Waals surface area contributed by atoms with Crippen molar-refractivity contribution < 1.29 is 9.53 Å². The molecule has 0 amide bonds. The number of hydrogen-bond acceptors (Lipinski definition) is 5. The predicted molar refractivity (Wildman–Crippen MR) is 73.4 cm³/mol. The first-order valence-electron chi connectivity index (χ1n) is 5.58. The normalized spacial score (nSPS) is 13.6. The largest absolute Gasteiger partial charge is 0.466 e. The summed E-state index contributed by atoms with van der Waals surface area (Å²) >= 11 is 5.14. The average Bonchev–Trinajstić information content (AvgIpc) is 2.46. The number of aromatic nitrogens is 1. The lowest BCUT2D eigenvalue weighted by Crippen LogP contribution is -2.10. The zero-order valence-electron chi connectivity index (χ0n) is 9.90. The van der Waals surface area contributed by atoms with Gasteiger partial charge < -0.3 is 15.4 Å². The van der Waals surface area contributed by atoms with Crippen LogP contribution in [0.4, 0.5) is 11.5 Å². The molecule has 0 aromatic carbocycles. The maximum absolute atomic E-state index is 11.5. The first-order chi connectivity index (χ1) is 8.69. The van der Waals surface area contributed by atoms with Crippen molar-refractivity contribution in [1.82, 2.24) is 4.98 Å². The van der Waals surface area contributed by atoms with Gasteiger partial charge in [-0.15, -0.1) is 0 Å². The number of anilines is 2. The molecular weight excluding hydrogens is 250 g/mol. The second-order valence-corrected chi connectivity index (χ2v) is 4.11. The Morgan fingerprint density at radius 1 is 1.50 bits per heavy atom. The van der Waals surface area contributed by atoms with E-state index in [-0.39, 0.29) is 12.4 Å². The van der Waals surface area contributed by atoms with Gasteiger partial charge >= 0.3 is 5.97 Å². The minimum Gasteiger partial charge on any atom is -0.466 e. The maximum atomic E-state index is 11.5. The molecule has 1 aromatic rings. The molecule has 2 heterocycles. The third-order valence-corrected chi connectivity index (χ3v) is 2.51. The molecule has 0 spiro atoms. The lowest BCUT2D eigenvalue weighted by Gasteiger charge is -2.09. The van der Waals surface area contributed by atoms with Crippen molar-refractivity contribution in [2.75, 3.05) is 17.2 Å². The van der Waals surface area contributed by atoms with E-state index < -0.39 is 0 Å². The van der Waals surface area contributed by atoms with Crippen LogP contribution in [-0.4, -0.2) is 22.5 Å². The molecule has 18 heavy (non-hydrogen) atoms. The van der Waals surface area contributed by atoms with Crippen molar-refractivity contribution >= 4 is 34.7 Å². The van der Waals surface area contributed by atoms with Crippen LogP contribution < -0.4 is 10.6 Å². The second kappa shape index (κ2) is 5.59. The highest BCUT2D eigenvalue weighted by atomic mass is 32.1. The number of carbonyl (C=O) groups excluding carboxylic acids is 1. The fourth-order valence-corrected chi connectivity index (χ4v) is 1.83. The number of ether oxygens (including phenoxy) is 1. The first-order valence-corrected chi connectivity index (χ1v) is 5.99. The number of nitrogens with zero attached hydrogens (tertiary/aromatic N) is 1. The highest BCUT2D eigenvalue weighted by Gasteiger charge is 2.14. The van der Waals surface area contributed by atoms with Gasteiger partial charge in [0.2, 0.25) is 0 Å². The lowest BCUT2D eigenvalue weighted by molar-refractivity contribution is -0.142. The van der Waals surface area contributed by atoms with Crippen LogP contribution in [-0.2, 0) is 9.53 Å². The Hall–Kier alpha value is -1.95. The van der Waals surface area contributed by atoms with E-state index in [1.165, 1.54) is 0 Å². The summed E-state index contributed by atoms with van der Waals surface area (Å²) in [6, 6.07) is 3.67. The summed E-state index contributed by atoms with van der Waals surface area (Å²) in [5.74, 6) is 0.365. The fraction of sp³-hybridized carbons (Fsp3) is 0.250. The van der Waals surface area contributed by atoms with Gasteiger partial charge in [0.25, 0.3) is 0 Å². The zero-order valence-corrected chi connectivity index (χ0v) is 10.7. The van der Waals surface area contributed by atoms with Crippen molar-refractivity contribution in [2.24, 2.45) is 0 Å². The number of nitrogens with one attached hydrogen (secondary N) is 2. The zero-order chi connectivity index (χ0) is 13.0. The molecule has 0 saturated carbocycles. The third-order valence-electron chi connectivity index (χ3n) is 2.29. The highest BCUT2D eigenvalue weighted by molar-refractivity contribution is 7.81. The van der Waals surface area contributed by atoms with Crippen molar-refractivity contribution in [1.29, 1.82) is 0 Å². The summed E-state index contributed by atoms with van der Waals surface area (Å²) in [5, 5.41) is 6.11. The maximum Gasteiger partial charge on any atom is 0.311 e. The average molecular weight is 263 g/mol. The van der Waals surface area contributed by atoms with E-state index in [4.69, 9.17) is 17.0 Å².